The third kappa shape index (κ3) is 1.57. The maximum Gasteiger partial charge on any atom is 0.222 e. The number of rotatable bonds is 2. The molecule has 4 heteroatoms. The Labute approximate surface area is 65.1 Å². The molecule has 0 unspecified atom stereocenters. The lowest BCUT2D eigenvalue weighted by Gasteiger charge is -2.10. The van der Waals surface area contributed by atoms with E-state index < -0.39 is 0 Å². The molecule has 4 nitrogen and oxygen atoms in total. The molecule has 0 saturated carbocycles. The lowest BCUT2D eigenvalue weighted by atomic mass is 9.92. The molecule has 1 fully saturated rings. The number of nitrogens with one attached hydrogen (secondary N) is 1. The van der Waals surface area contributed by atoms with Gasteiger partial charge >= 0.3 is 0 Å². The number of carbonyl (C=O) groups excluding carboxylic acids is 2. The van der Waals surface area contributed by atoms with Crippen molar-refractivity contribution in [2.45, 2.75) is 6.92 Å². The Kier molecular flexibility index (Phi) is 2.24. The van der Waals surface area contributed by atoms with Crippen LogP contribution in [0.15, 0.2) is 0 Å². The molecule has 1 rings (SSSR count). The molecule has 62 valence electrons. The smallest absolute Gasteiger partial charge is 0.222 e. The lowest BCUT2D eigenvalue weighted by molar-refractivity contribution is -0.128. The molecule has 0 aliphatic carbocycles. The van der Waals surface area contributed by atoms with Crippen molar-refractivity contribution in [2.24, 2.45) is 17.6 Å². The normalized spacial score (nSPS) is 30.3. The van der Waals surface area contributed by atoms with E-state index in [2.05, 4.69) is 5.32 Å². The van der Waals surface area contributed by atoms with E-state index in [4.69, 9.17) is 5.73 Å². The van der Waals surface area contributed by atoms with Gasteiger partial charge in [0.05, 0.1) is 5.92 Å². The Morgan fingerprint density at radius 2 is 1.91 bits per heavy atom. The lowest BCUT2D eigenvalue weighted by Crippen LogP contribution is -2.32. The van der Waals surface area contributed by atoms with Crippen LogP contribution in [-0.2, 0) is 9.59 Å². The molecule has 1 aliphatic heterocycles. The summed E-state index contributed by atoms with van der Waals surface area (Å²) in [5.74, 6) is -0.839. The van der Waals surface area contributed by atoms with Gasteiger partial charge in [-0.05, 0) is 6.92 Å². The van der Waals surface area contributed by atoms with E-state index in [1.165, 1.54) is 6.92 Å². The van der Waals surface area contributed by atoms with Crippen molar-refractivity contribution in [1.29, 1.82) is 0 Å². The standard InChI is InChI=1S/C7H12N2O2/c1-4(10)5-2-9-3-6(5)7(8)11/h5-6,9H,2-3H2,1H3,(H2,8,11)/t5-,6+/m0/s1. The third-order valence-electron chi connectivity index (χ3n) is 2.10. The van der Waals surface area contributed by atoms with Gasteiger partial charge in [-0.3, -0.25) is 9.59 Å². The average molecular weight is 156 g/mol. The highest BCUT2D eigenvalue weighted by Crippen LogP contribution is 2.16. The Morgan fingerprint density at radius 1 is 1.36 bits per heavy atom. The highest BCUT2D eigenvalue weighted by molar-refractivity contribution is 5.87. The first-order chi connectivity index (χ1) is 5.13. The number of primary amides is 1. The van der Waals surface area contributed by atoms with Gasteiger partial charge in [-0.1, -0.05) is 0 Å². The van der Waals surface area contributed by atoms with Crippen molar-refractivity contribution in [2.75, 3.05) is 13.1 Å². The van der Waals surface area contributed by atoms with Crippen molar-refractivity contribution in [3.05, 3.63) is 0 Å². The van der Waals surface area contributed by atoms with Gasteiger partial charge < -0.3 is 11.1 Å². The molecule has 0 aromatic rings. The number of carbonyl (C=O) groups is 2. The molecule has 2 atom stereocenters. The maximum absolute atomic E-state index is 10.9. The quantitative estimate of drug-likeness (QED) is 0.533. The molecule has 0 aromatic carbocycles. The van der Waals surface area contributed by atoms with Crippen LogP contribution in [0.4, 0.5) is 0 Å². The van der Waals surface area contributed by atoms with Crippen molar-refractivity contribution in [1.82, 2.24) is 5.32 Å². The number of Topliss-reactive ketones (excluding diaryl/α,β-unsaturated/α-hetero) is 1. The fraction of sp³-hybridized carbons (Fsp3) is 0.714. The molecular formula is C7H12N2O2. The van der Waals surface area contributed by atoms with E-state index >= 15 is 0 Å². The summed E-state index contributed by atoms with van der Waals surface area (Å²) in [5.41, 5.74) is 5.09. The van der Waals surface area contributed by atoms with Crippen molar-refractivity contribution >= 4 is 11.7 Å². The topological polar surface area (TPSA) is 72.2 Å². The first kappa shape index (κ1) is 8.20. The third-order valence-corrected chi connectivity index (χ3v) is 2.10. The van der Waals surface area contributed by atoms with Crippen LogP contribution in [0.25, 0.3) is 0 Å². The Balaban J connectivity index is 2.65. The van der Waals surface area contributed by atoms with Crippen LogP contribution in [0, 0.1) is 11.8 Å². The summed E-state index contributed by atoms with van der Waals surface area (Å²) in [6.45, 7) is 2.62. The van der Waals surface area contributed by atoms with E-state index in [0.717, 1.165) is 0 Å². The van der Waals surface area contributed by atoms with Crippen LogP contribution in [0.1, 0.15) is 6.92 Å². The molecule has 1 heterocycles. The second-order valence-electron chi connectivity index (χ2n) is 2.88. The summed E-state index contributed by atoms with van der Waals surface area (Å²) < 4.78 is 0. The molecule has 0 radical (unpaired) electrons. The molecule has 11 heavy (non-hydrogen) atoms. The molecule has 3 N–H and O–H groups in total. The van der Waals surface area contributed by atoms with Gasteiger partial charge in [-0.25, -0.2) is 0 Å². The zero-order valence-corrected chi connectivity index (χ0v) is 6.46. The van der Waals surface area contributed by atoms with Crippen molar-refractivity contribution in [3.8, 4) is 0 Å². The summed E-state index contributed by atoms with van der Waals surface area (Å²) >= 11 is 0. The maximum atomic E-state index is 10.9. The fourth-order valence-corrected chi connectivity index (χ4v) is 1.40. The predicted octanol–water partition coefficient (Wildman–Crippen LogP) is -1.10. The van der Waals surface area contributed by atoms with Crippen LogP contribution >= 0.6 is 0 Å². The summed E-state index contributed by atoms with van der Waals surface area (Å²) in [6.07, 6.45) is 0. The minimum atomic E-state index is -0.379. The minimum absolute atomic E-state index is 0.0406. The van der Waals surface area contributed by atoms with Crippen LogP contribution < -0.4 is 11.1 Å². The zero-order valence-electron chi connectivity index (χ0n) is 6.46. The van der Waals surface area contributed by atoms with E-state index in [0.29, 0.717) is 13.1 Å². The van der Waals surface area contributed by atoms with Crippen LogP contribution in [0.5, 0.6) is 0 Å². The number of amides is 1. The Bertz CT molecular complexity index is 171. The van der Waals surface area contributed by atoms with Gasteiger partial charge in [0.2, 0.25) is 5.91 Å². The summed E-state index contributed by atoms with van der Waals surface area (Å²) in [5, 5.41) is 2.96. The highest BCUT2D eigenvalue weighted by atomic mass is 16.1. The van der Waals surface area contributed by atoms with Gasteiger partial charge in [0.1, 0.15) is 5.78 Å². The molecule has 0 aromatic heterocycles. The SMILES string of the molecule is CC(=O)[C@@H]1CNC[C@H]1C(N)=O. The summed E-state index contributed by atoms with van der Waals surface area (Å²) in [4.78, 5) is 21.7. The van der Waals surface area contributed by atoms with Gasteiger partial charge in [-0.15, -0.1) is 0 Å². The average Bonchev–Trinajstić information content (AvgIpc) is 2.32. The Hall–Kier alpha value is -0.900. The molecule has 0 spiro atoms. The predicted molar refractivity (Wildman–Crippen MR) is 39.7 cm³/mol. The number of hydrogen-bond donors (Lipinski definition) is 2. The van der Waals surface area contributed by atoms with E-state index in [-0.39, 0.29) is 23.5 Å². The minimum Gasteiger partial charge on any atom is -0.369 e. The molecule has 1 saturated heterocycles. The summed E-state index contributed by atoms with van der Waals surface area (Å²) in [6, 6.07) is 0. The second kappa shape index (κ2) is 3.00. The van der Waals surface area contributed by atoms with E-state index in [1.807, 2.05) is 0 Å². The fourth-order valence-electron chi connectivity index (χ4n) is 1.40. The van der Waals surface area contributed by atoms with Crippen molar-refractivity contribution < 1.29 is 9.59 Å². The highest BCUT2D eigenvalue weighted by Gasteiger charge is 2.34. The number of hydrogen-bond acceptors (Lipinski definition) is 3. The zero-order chi connectivity index (χ0) is 8.43. The molecule has 1 aliphatic rings. The van der Waals surface area contributed by atoms with Crippen LogP contribution in [0.3, 0.4) is 0 Å². The van der Waals surface area contributed by atoms with Gasteiger partial charge in [-0.2, -0.15) is 0 Å². The monoisotopic (exact) mass is 156 g/mol. The first-order valence-corrected chi connectivity index (χ1v) is 3.63. The van der Waals surface area contributed by atoms with E-state index in [1.54, 1.807) is 0 Å². The molecular weight excluding hydrogens is 144 g/mol. The molecule has 1 amide bonds. The van der Waals surface area contributed by atoms with Gasteiger partial charge in [0.25, 0.3) is 0 Å². The van der Waals surface area contributed by atoms with Crippen LogP contribution in [0.2, 0.25) is 0 Å². The van der Waals surface area contributed by atoms with Gasteiger partial charge in [0, 0.05) is 19.0 Å². The number of ketones is 1. The molecule has 0 bridgehead atoms. The van der Waals surface area contributed by atoms with Crippen LogP contribution in [-0.4, -0.2) is 24.8 Å². The van der Waals surface area contributed by atoms with Gasteiger partial charge in [0.15, 0.2) is 0 Å². The summed E-state index contributed by atoms with van der Waals surface area (Å²) in [7, 11) is 0. The number of nitrogens with two attached hydrogens (primary N) is 1. The van der Waals surface area contributed by atoms with E-state index in [9.17, 15) is 9.59 Å². The largest absolute Gasteiger partial charge is 0.369 e. The first-order valence-electron chi connectivity index (χ1n) is 3.63. The Morgan fingerprint density at radius 3 is 2.27 bits per heavy atom. The van der Waals surface area contributed by atoms with Crippen molar-refractivity contribution in [3.63, 3.8) is 0 Å². The second-order valence-corrected chi connectivity index (χ2v) is 2.88.